The summed E-state index contributed by atoms with van der Waals surface area (Å²) in [5.74, 6) is 0.319. The number of hydrogen-bond acceptors (Lipinski definition) is 3. The molecule has 1 heterocycles. The lowest BCUT2D eigenvalue weighted by atomic mass is 9.99. The standard InChI is InChI=1S/C11H11BrOS2/c1-7-8(13)3-2-4-9(7)14-11-6-5-10(12)15-11/h5-6H,2-4H2,1H3. The Kier molecular flexibility index (Phi) is 3.69. The highest BCUT2D eigenvalue weighted by Gasteiger charge is 2.17. The van der Waals surface area contributed by atoms with Crippen molar-refractivity contribution in [2.75, 3.05) is 0 Å². The molecule has 15 heavy (non-hydrogen) atoms. The maximum absolute atomic E-state index is 11.5. The van der Waals surface area contributed by atoms with Gasteiger partial charge in [0.1, 0.15) is 0 Å². The van der Waals surface area contributed by atoms with E-state index in [1.165, 1.54) is 9.11 Å². The topological polar surface area (TPSA) is 17.1 Å². The fraction of sp³-hybridized carbons (Fsp3) is 0.364. The Labute approximate surface area is 106 Å². The summed E-state index contributed by atoms with van der Waals surface area (Å²) in [6.07, 6.45) is 2.78. The van der Waals surface area contributed by atoms with Crippen molar-refractivity contribution in [3.05, 3.63) is 26.4 Å². The molecule has 0 spiro atoms. The predicted octanol–water partition coefficient (Wildman–Crippen LogP) is 4.63. The maximum atomic E-state index is 11.5. The van der Waals surface area contributed by atoms with Crippen molar-refractivity contribution in [2.24, 2.45) is 0 Å². The van der Waals surface area contributed by atoms with Gasteiger partial charge < -0.3 is 0 Å². The summed E-state index contributed by atoms with van der Waals surface area (Å²) in [5.41, 5.74) is 0.968. The average Bonchev–Trinajstić information content (AvgIpc) is 2.59. The van der Waals surface area contributed by atoms with Crippen molar-refractivity contribution in [3.63, 3.8) is 0 Å². The molecule has 0 amide bonds. The van der Waals surface area contributed by atoms with Crippen molar-refractivity contribution in [3.8, 4) is 0 Å². The summed E-state index contributed by atoms with van der Waals surface area (Å²) >= 11 is 6.91. The third-order valence-corrected chi connectivity index (χ3v) is 5.43. The van der Waals surface area contributed by atoms with E-state index in [0.29, 0.717) is 5.78 Å². The third kappa shape index (κ3) is 2.74. The first-order chi connectivity index (χ1) is 7.16. The average molecular weight is 303 g/mol. The minimum absolute atomic E-state index is 0.319. The molecule has 1 aromatic heterocycles. The van der Waals surface area contributed by atoms with Crippen LogP contribution in [0.3, 0.4) is 0 Å². The van der Waals surface area contributed by atoms with Crippen LogP contribution in [0.5, 0.6) is 0 Å². The Bertz CT molecular complexity index is 420. The van der Waals surface area contributed by atoms with Crippen LogP contribution in [0.4, 0.5) is 0 Å². The number of thioether (sulfide) groups is 1. The number of halogens is 1. The summed E-state index contributed by atoms with van der Waals surface area (Å²) in [6, 6.07) is 4.15. The van der Waals surface area contributed by atoms with E-state index in [1.807, 2.05) is 13.0 Å². The summed E-state index contributed by atoms with van der Waals surface area (Å²) in [4.78, 5) is 12.8. The molecule has 0 aromatic carbocycles. The van der Waals surface area contributed by atoms with Gasteiger partial charge in [0.2, 0.25) is 0 Å². The van der Waals surface area contributed by atoms with Gasteiger partial charge in [0, 0.05) is 12.0 Å². The summed E-state index contributed by atoms with van der Waals surface area (Å²) in [6.45, 7) is 1.95. The highest BCUT2D eigenvalue weighted by molar-refractivity contribution is 9.11. The first-order valence-corrected chi connectivity index (χ1v) is 7.25. The number of carbonyl (C=O) groups excluding carboxylic acids is 1. The van der Waals surface area contributed by atoms with E-state index in [4.69, 9.17) is 0 Å². The molecule has 0 aliphatic heterocycles. The van der Waals surface area contributed by atoms with E-state index in [-0.39, 0.29) is 0 Å². The molecule has 0 bridgehead atoms. The van der Waals surface area contributed by atoms with E-state index in [0.717, 1.165) is 28.6 Å². The fourth-order valence-corrected chi connectivity index (χ4v) is 4.61. The number of carbonyl (C=O) groups is 1. The highest BCUT2D eigenvalue weighted by Crippen LogP contribution is 2.40. The van der Waals surface area contributed by atoms with Gasteiger partial charge in [-0.15, -0.1) is 11.3 Å². The molecular weight excluding hydrogens is 292 g/mol. The van der Waals surface area contributed by atoms with Crippen molar-refractivity contribution < 1.29 is 4.79 Å². The first kappa shape index (κ1) is 11.4. The lowest BCUT2D eigenvalue weighted by Crippen LogP contribution is -2.07. The van der Waals surface area contributed by atoms with Gasteiger partial charge in [0.15, 0.2) is 5.78 Å². The zero-order valence-corrected chi connectivity index (χ0v) is 11.6. The highest BCUT2D eigenvalue weighted by atomic mass is 79.9. The largest absolute Gasteiger partial charge is 0.295 e. The van der Waals surface area contributed by atoms with Crippen LogP contribution < -0.4 is 0 Å². The quantitative estimate of drug-likeness (QED) is 0.792. The van der Waals surface area contributed by atoms with E-state index >= 15 is 0 Å². The van der Waals surface area contributed by atoms with Crippen molar-refractivity contribution in [1.82, 2.24) is 0 Å². The van der Waals surface area contributed by atoms with Crippen LogP contribution in [-0.4, -0.2) is 5.78 Å². The van der Waals surface area contributed by atoms with Crippen molar-refractivity contribution >= 4 is 44.8 Å². The molecule has 0 atom stereocenters. The fourth-order valence-electron chi connectivity index (χ4n) is 1.54. The molecule has 0 fully saturated rings. The van der Waals surface area contributed by atoms with Crippen LogP contribution in [0, 0.1) is 0 Å². The van der Waals surface area contributed by atoms with Crippen LogP contribution in [0.2, 0.25) is 0 Å². The number of hydrogen-bond donors (Lipinski definition) is 0. The molecule has 1 aliphatic rings. The molecular formula is C11H11BrOS2. The number of Topliss-reactive ketones (excluding diaryl/α,β-unsaturated/α-hetero) is 1. The number of allylic oxidation sites excluding steroid dienone is 2. The third-order valence-electron chi connectivity index (χ3n) is 2.42. The zero-order chi connectivity index (χ0) is 10.8. The van der Waals surface area contributed by atoms with Gasteiger partial charge in [-0.05, 0) is 52.7 Å². The molecule has 0 radical (unpaired) electrons. The second kappa shape index (κ2) is 4.85. The van der Waals surface area contributed by atoms with Crippen LogP contribution in [0.25, 0.3) is 0 Å². The molecule has 1 aliphatic carbocycles. The summed E-state index contributed by atoms with van der Waals surface area (Å²) in [5, 5.41) is 0. The predicted molar refractivity (Wildman–Crippen MR) is 69.4 cm³/mol. The number of thiophene rings is 1. The molecule has 0 N–H and O–H groups in total. The van der Waals surface area contributed by atoms with Gasteiger partial charge in [0.05, 0.1) is 8.00 Å². The Balaban J connectivity index is 2.18. The molecule has 0 unspecified atom stereocenters. The van der Waals surface area contributed by atoms with Gasteiger partial charge in [-0.25, -0.2) is 0 Å². The minimum Gasteiger partial charge on any atom is -0.295 e. The maximum Gasteiger partial charge on any atom is 0.159 e. The molecule has 1 aromatic rings. The minimum atomic E-state index is 0.319. The lowest BCUT2D eigenvalue weighted by molar-refractivity contribution is -0.115. The van der Waals surface area contributed by atoms with Crippen molar-refractivity contribution in [2.45, 2.75) is 30.4 Å². The van der Waals surface area contributed by atoms with Gasteiger partial charge in [-0.2, -0.15) is 0 Å². The SMILES string of the molecule is CC1=C(Sc2ccc(Br)s2)CCCC1=O. The van der Waals surface area contributed by atoms with Gasteiger partial charge >= 0.3 is 0 Å². The molecule has 0 saturated carbocycles. The van der Waals surface area contributed by atoms with Gasteiger partial charge in [-0.3, -0.25) is 4.79 Å². The summed E-state index contributed by atoms with van der Waals surface area (Å²) in [7, 11) is 0. The molecule has 4 heteroatoms. The molecule has 80 valence electrons. The Morgan fingerprint density at radius 1 is 1.40 bits per heavy atom. The lowest BCUT2D eigenvalue weighted by Gasteiger charge is -2.15. The van der Waals surface area contributed by atoms with Crippen LogP contribution in [-0.2, 0) is 4.79 Å². The monoisotopic (exact) mass is 302 g/mol. The number of rotatable bonds is 2. The van der Waals surface area contributed by atoms with E-state index in [1.54, 1.807) is 23.1 Å². The van der Waals surface area contributed by atoms with Crippen LogP contribution >= 0.6 is 39.0 Å². The normalized spacial score (nSPS) is 17.3. The van der Waals surface area contributed by atoms with Gasteiger partial charge in [-0.1, -0.05) is 11.8 Å². The Hall–Kier alpha value is -0.0600. The Morgan fingerprint density at radius 2 is 2.20 bits per heavy atom. The van der Waals surface area contributed by atoms with E-state index in [9.17, 15) is 4.79 Å². The van der Waals surface area contributed by atoms with Crippen LogP contribution in [0.15, 0.2) is 30.6 Å². The van der Waals surface area contributed by atoms with Crippen LogP contribution in [0.1, 0.15) is 26.2 Å². The van der Waals surface area contributed by atoms with Gasteiger partial charge in [0.25, 0.3) is 0 Å². The Morgan fingerprint density at radius 3 is 2.87 bits per heavy atom. The first-order valence-electron chi connectivity index (χ1n) is 4.83. The zero-order valence-electron chi connectivity index (χ0n) is 8.38. The number of ketones is 1. The molecule has 1 nitrogen and oxygen atoms in total. The van der Waals surface area contributed by atoms with E-state index < -0.39 is 0 Å². The second-order valence-electron chi connectivity index (χ2n) is 3.49. The van der Waals surface area contributed by atoms with E-state index in [2.05, 4.69) is 22.0 Å². The molecule has 2 rings (SSSR count). The second-order valence-corrected chi connectivity index (χ2v) is 7.34. The van der Waals surface area contributed by atoms with Crippen molar-refractivity contribution in [1.29, 1.82) is 0 Å². The smallest absolute Gasteiger partial charge is 0.159 e. The molecule has 0 saturated heterocycles. The summed E-state index contributed by atoms with van der Waals surface area (Å²) < 4.78 is 2.40.